The zero-order valence-corrected chi connectivity index (χ0v) is 11.0. The van der Waals surface area contributed by atoms with Gasteiger partial charge in [0.15, 0.2) is 0 Å². The van der Waals surface area contributed by atoms with Crippen LogP contribution >= 0.6 is 0 Å². The Morgan fingerprint density at radius 1 is 1.39 bits per heavy atom. The molecular formula is C13H22N2O3. The minimum absolute atomic E-state index is 0.344. The molecule has 1 aromatic rings. The van der Waals surface area contributed by atoms with E-state index in [-0.39, 0.29) is 0 Å². The smallest absolute Gasteiger partial charge is 0.0952 e. The predicted molar refractivity (Wildman–Crippen MR) is 67.6 cm³/mol. The maximum Gasteiger partial charge on any atom is 0.0952 e. The first-order valence-electron chi connectivity index (χ1n) is 6.59. The number of hydrogen-bond acceptors (Lipinski definition) is 4. The number of hydrogen-bond donors (Lipinski definition) is 1. The van der Waals surface area contributed by atoms with Gasteiger partial charge in [0.05, 0.1) is 44.5 Å². The minimum atomic E-state index is -0.484. The van der Waals surface area contributed by atoms with E-state index in [0.717, 1.165) is 12.8 Å². The second-order valence-corrected chi connectivity index (χ2v) is 4.72. The molecule has 1 heterocycles. The summed E-state index contributed by atoms with van der Waals surface area (Å²) < 4.78 is 12.3. The third-order valence-corrected chi connectivity index (χ3v) is 3.26. The molecule has 1 aliphatic rings. The maximum atomic E-state index is 9.91. The first kappa shape index (κ1) is 13.5. The SMILES string of the molecule is COCCOCC(O)Cn1cnc2c1CCCC2. The number of aliphatic hydroxyl groups is 1. The standard InChI is InChI=1S/C13H22N2O3/c1-17-6-7-18-9-11(16)8-15-10-14-12-4-2-3-5-13(12)15/h10-11,16H,2-9H2,1H3. The summed E-state index contributed by atoms with van der Waals surface area (Å²) in [6.45, 7) is 1.99. The van der Waals surface area contributed by atoms with Gasteiger partial charge in [-0.05, 0) is 25.7 Å². The highest BCUT2D eigenvalue weighted by molar-refractivity contribution is 5.16. The Morgan fingerprint density at radius 3 is 3.06 bits per heavy atom. The summed E-state index contributed by atoms with van der Waals surface area (Å²) in [5.41, 5.74) is 2.49. The minimum Gasteiger partial charge on any atom is -0.389 e. The lowest BCUT2D eigenvalue weighted by Crippen LogP contribution is -2.24. The third-order valence-electron chi connectivity index (χ3n) is 3.26. The zero-order valence-electron chi connectivity index (χ0n) is 11.0. The van der Waals surface area contributed by atoms with E-state index < -0.39 is 6.10 Å². The third kappa shape index (κ3) is 3.54. The van der Waals surface area contributed by atoms with Crippen LogP contribution in [0.15, 0.2) is 6.33 Å². The molecule has 1 N–H and O–H groups in total. The number of ether oxygens (including phenoxy) is 2. The Hall–Kier alpha value is -0.910. The fourth-order valence-corrected chi connectivity index (χ4v) is 2.33. The van der Waals surface area contributed by atoms with Crippen molar-refractivity contribution in [2.75, 3.05) is 26.9 Å². The van der Waals surface area contributed by atoms with Crippen molar-refractivity contribution < 1.29 is 14.6 Å². The van der Waals surface area contributed by atoms with Gasteiger partial charge in [-0.3, -0.25) is 0 Å². The van der Waals surface area contributed by atoms with Gasteiger partial charge in [0.2, 0.25) is 0 Å². The van der Waals surface area contributed by atoms with E-state index in [1.54, 1.807) is 7.11 Å². The summed E-state index contributed by atoms with van der Waals surface area (Å²) in [6, 6.07) is 0. The molecule has 1 atom stereocenters. The Morgan fingerprint density at radius 2 is 2.22 bits per heavy atom. The van der Waals surface area contributed by atoms with E-state index in [1.807, 2.05) is 6.33 Å². The molecule has 2 rings (SSSR count). The first-order valence-corrected chi connectivity index (χ1v) is 6.59. The fraction of sp³-hybridized carbons (Fsp3) is 0.769. The molecule has 0 fully saturated rings. The van der Waals surface area contributed by atoms with Crippen LogP contribution in [0.2, 0.25) is 0 Å². The molecule has 18 heavy (non-hydrogen) atoms. The molecule has 0 spiro atoms. The molecule has 1 aromatic heterocycles. The molecule has 0 aromatic carbocycles. The number of aliphatic hydroxyl groups excluding tert-OH is 1. The van der Waals surface area contributed by atoms with Crippen LogP contribution in [0.1, 0.15) is 24.2 Å². The van der Waals surface area contributed by atoms with Crippen LogP contribution in [0.3, 0.4) is 0 Å². The molecule has 1 aliphatic carbocycles. The Labute approximate surface area is 108 Å². The van der Waals surface area contributed by atoms with Crippen LogP contribution < -0.4 is 0 Å². The van der Waals surface area contributed by atoms with Gasteiger partial charge in [-0.1, -0.05) is 0 Å². The molecule has 5 nitrogen and oxygen atoms in total. The normalized spacial score (nSPS) is 16.6. The van der Waals surface area contributed by atoms with Gasteiger partial charge in [-0.15, -0.1) is 0 Å². The van der Waals surface area contributed by atoms with Gasteiger partial charge in [0.1, 0.15) is 0 Å². The number of imidazole rings is 1. The molecule has 102 valence electrons. The largest absolute Gasteiger partial charge is 0.389 e. The summed E-state index contributed by atoms with van der Waals surface area (Å²) >= 11 is 0. The highest BCUT2D eigenvalue weighted by atomic mass is 16.5. The van der Waals surface area contributed by atoms with Crippen LogP contribution in [-0.4, -0.2) is 47.7 Å². The second kappa shape index (κ2) is 6.87. The van der Waals surface area contributed by atoms with Gasteiger partial charge in [0, 0.05) is 12.8 Å². The number of rotatable bonds is 7. The van der Waals surface area contributed by atoms with E-state index >= 15 is 0 Å². The quantitative estimate of drug-likeness (QED) is 0.731. The van der Waals surface area contributed by atoms with Crippen LogP contribution in [-0.2, 0) is 28.9 Å². The number of methoxy groups -OCH3 is 1. The Kier molecular flexibility index (Phi) is 5.16. The number of fused-ring (bicyclic) bond motifs is 1. The summed E-state index contributed by atoms with van der Waals surface area (Å²) in [5, 5.41) is 9.91. The van der Waals surface area contributed by atoms with Crippen molar-refractivity contribution in [1.29, 1.82) is 0 Å². The van der Waals surface area contributed by atoms with Crippen LogP contribution in [0, 0.1) is 0 Å². The lowest BCUT2D eigenvalue weighted by molar-refractivity contribution is 0.00693. The zero-order chi connectivity index (χ0) is 12.8. The number of aryl methyl sites for hydroxylation is 1. The Balaban J connectivity index is 1.80. The van der Waals surface area contributed by atoms with E-state index in [9.17, 15) is 5.11 Å². The monoisotopic (exact) mass is 254 g/mol. The molecule has 1 unspecified atom stereocenters. The maximum absolute atomic E-state index is 9.91. The van der Waals surface area contributed by atoms with E-state index in [4.69, 9.17) is 9.47 Å². The van der Waals surface area contributed by atoms with Crippen LogP contribution in [0.4, 0.5) is 0 Å². The average Bonchev–Trinajstić information content (AvgIpc) is 2.78. The summed E-state index contributed by atoms with van der Waals surface area (Å²) in [5.74, 6) is 0. The van der Waals surface area contributed by atoms with Crippen LogP contribution in [0.25, 0.3) is 0 Å². The van der Waals surface area contributed by atoms with Gasteiger partial charge >= 0.3 is 0 Å². The van der Waals surface area contributed by atoms with Gasteiger partial charge < -0.3 is 19.1 Å². The van der Waals surface area contributed by atoms with E-state index in [2.05, 4.69) is 9.55 Å². The van der Waals surface area contributed by atoms with Crippen LogP contribution in [0.5, 0.6) is 0 Å². The lowest BCUT2D eigenvalue weighted by Gasteiger charge is -2.17. The van der Waals surface area contributed by atoms with E-state index in [0.29, 0.717) is 26.4 Å². The lowest BCUT2D eigenvalue weighted by atomic mass is 10.0. The molecule has 5 heteroatoms. The molecule has 0 bridgehead atoms. The highest BCUT2D eigenvalue weighted by Gasteiger charge is 2.16. The van der Waals surface area contributed by atoms with Crippen molar-refractivity contribution >= 4 is 0 Å². The van der Waals surface area contributed by atoms with Crippen molar-refractivity contribution in [2.45, 2.75) is 38.3 Å². The summed E-state index contributed by atoms with van der Waals surface area (Å²) in [7, 11) is 1.64. The second-order valence-electron chi connectivity index (χ2n) is 4.72. The van der Waals surface area contributed by atoms with E-state index in [1.165, 1.54) is 24.2 Å². The fourth-order valence-electron chi connectivity index (χ4n) is 2.33. The average molecular weight is 254 g/mol. The predicted octanol–water partition coefficient (Wildman–Crippen LogP) is 0.786. The van der Waals surface area contributed by atoms with Crippen molar-refractivity contribution in [1.82, 2.24) is 9.55 Å². The molecule has 0 saturated carbocycles. The van der Waals surface area contributed by atoms with Crippen molar-refractivity contribution in [3.63, 3.8) is 0 Å². The molecule has 0 aliphatic heterocycles. The number of nitrogens with zero attached hydrogens (tertiary/aromatic N) is 2. The summed E-state index contributed by atoms with van der Waals surface area (Å²) in [4.78, 5) is 4.41. The van der Waals surface area contributed by atoms with Crippen molar-refractivity contribution in [3.8, 4) is 0 Å². The molecular weight excluding hydrogens is 232 g/mol. The molecule has 0 radical (unpaired) electrons. The summed E-state index contributed by atoms with van der Waals surface area (Å²) in [6.07, 6.45) is 5.96. The van der Waals surface area contributed by atoms with Gasteiger partial charge in [0.25, 0.3) is 0 Å². The van der Waals surface area contributed by atoms with Crippen molar-refractivity contribution in [2.24, 2.45) is 0 Å². The molecule has 0 saturated heterocycles. The highest BCUT2D eigenvalue weighted by Crippen LogP contribution is 2.19. The van der Waals surface area contributed by atoms with Crippen molar-refractivity contribution in [3.05, 3.63) is 17.7 Å². The topological polar surface area (TPSA) is 56.5 Å². The first-order chi connectivity index (χ1) is 8.81. The number of aromatic nitrogens is 2. The van der Waals surface area contributed by atoms with Gasteiger partial charge in [-0.2, -0.15) is 0 Å². The van der Waals surface area contributed by atoms with Gasteiger partial charge in [-0.25, -0.2) is 4.98 Å². The molecule has 0 amide bonds. The Bertz CT molecular complexity index is 365.